The van der Waals surface area contributed by atoms with Gasteiger partial charge in [-0.05, 0) is 36.8 Å². The van der Waals surface area contributed by atoms with E-state index in [0.717, 1.165) is 22.6 Å². The number of pyridine rings is 1. The average Bonchev–Trinajstić information content (AvgIpc) is 2.90. The van der Waals surface area contributed by atoms with Crippen LogP contribution in [0.1, 0.15) is 18.9 Å². The van der Waals surface area contributed by atoms with Crippen LogP contribution in [0.5, 0.6) is 0 Å². The molecule has 0 saturated heterocycles. The van der Waals surface area contributed by atoms with Gasteiger partial charge in [-0.1, -0.05) is 19.1 Å². The maximum Gasteiger partial charge on any atom is 0.224 e. The van der Waals surface area contributed by atoms with Gasteiger partial charge < -0.3 is 9.72 Å². The Morgan fingerprint density at radius 1 is 1.29 bits per heavy atom. The third-order valence-electron chi connectivity index (χ3n) is 3.38. The number of anilines is 1. The van der Waals surface area contributed by atoms with Gasteiger partial charge in [-0.25, -0.2) is 4.98 Å². The number of carbonyl (C=O) groups is 1. The summed E-state index contributed by atoms with van der Waals surface area (Å²) in [5.74, 6) is 0.0118. The molecule has 0 fully saturated rings. The normalized spacial score (nSPS) is 10.8. The lowest BCUT2D eigenvalue weighted by Crippen LogP contribution is -2.09. The predicted molar refractivity (Wildman–Crippen MR) is 84.3 cm³/mol. The van der Waals surface area contributed by atoms with E-state index in [0.29, 0.717) is 6.42 Å². The standard InChI is InChI=1S/C17H17N3O/c1-3-17(21)18-14-6-4-5-13(10-14)15-11-20-8-7-12(2)9-16(20)19-15/h4-11H,3H2,1-2H3,(H,18,21). The van der Waals surface area contributed by atoms with Gasteiger partial charge in [0.2, 0.25) is 5.91 Å². The van der Waals surface area contributed by atoms with Crippen LogP contribution in [0.25, 0.3) is 16.9 Å². The van der Waals surface area contributed by atoms with Gasteiger partial charge in [0.1, 0.15) is 5.65 Å². The summed E-state index contributed by atoms with van der Waals surface area (Å²) in [6.07, 6.45) is 4.47. The smallest absolute Gasteiger partial charge is 0.224 e. The Morgan fingerprint density at radius 2 is 2.14 bits per heavy atom. The second kappa shape index (κ2) is 5.40. The number of hydrogen-bond acceptors (Lipinski definition) is 2. The van der Waals surface area contributed by atoms with E-state index in [-0.39, 0.29) is 5.91 Å². The first-order chi connectivity index (χ1) is 10.2. The molecular formula is C17H17N3O. The summed E-state index contributed by atoms with van der Waals surface area (Å²) >= 11 is 0. The molecule has 3 rings (SSSR count). The van der Waals surface area contributed by atoms with Crippen LogP contribution in [0.4, 0.5) is 5.69 Å². The lowest BCUT2D eigenvalue weighted by molar-refractivity contribution is -0.115. The van der Waals surface area contributed by atoms with E-state index in [1.165, 1.54) is 5.56 Å². The fraction of sp³-hybridized carbons (Fsp3) is 0.176. The van der Waals surface area contributed by atoms with Crippen molar-refractivity contribution in [3.8, 4) is 11.3 Å². The summed E-state index contributed by atoms with van der Waals surface area (Å²) in [5, 5.41) is 2.87. The number of imidazole rings is 1. The van der Waals surface area contributed by atoms with Crippen molar-refractivity contribution in [2.75, 3.05) is 5.32 Å². The van der Waals surface area contributed by atoms with Gasteiger partial charge >= 0.3 is 0 Å². The van der Waals surface area contributed by atoms with E-state index >= 15 is 0 Å². The first-order valence-electron chi connectivity index (χ1n) is 7.01. The molecule has 4 heteroatoms. The number of fused-ring (bicyclic) bond motifs is 1. The van der Waals surface area contributed by atoms with Crippen molar-refractivity contribution in [3.05, 3.63) is 54.4 Å². The molecule has 2 heterocycles. The number of nitrogens with zero attached hydrogens (tertiary/aromatic N) is 2. The van der Waals surface area contributed by atoms with Crippen molar-refractivity contribution < 1.29 is 4.79 Å². The van der Waals surface area contributed by atoms with Crippen LogP contribution in [-0.4, -0.2) is 15.3 Å². The topological polar surface area (TPSA) is 46.4 Å². The minimum Gasteiger partial charge on any atom is -0.326 e. The molecule has 2 aromatic heterocycles. The Hall–Kier alpha value is -2.62. The molecule has 0 bridgehead atoms. The predicted octanol–water partition coefficient (Wildman–Crippen LogP) is 3.66. The van der Waals surface area contributed by atoms with Crippen LogP contribution in [0, 0.1) is 6.92 Å². The van der Waals surface area contributed by atoms with E-state index in [9.17, 15) is 4.79 Å². The average molecular weight is 279 g/mol. The van der Waals surface area contributed by atoms with Crippen LogP contribution < -0.4 is 5.32 Å². The van der Waals surface area contributed by atoms with E-state index in [4.69, 9.17) is 0 Å². The van der Waals surface area contributed by atoms with Gasteiger partial charge in [-0.3, -0.25) is 4.79 Å². The maximum absolute atomic E-state index is 11.5. The van der Waals surface area contributed by atoms with Crippen molar-refractivity contribution in [2.45, 2.75) is 20.3 Å². The molecule has 0 atom stereocenters. The number of hydrogen-bond donors (Lipinski definition) is 1. The zero-order chi connectivity index (χ0) is 14.8. The molecule has 4 nitrogen and oxygen atoms in total. The van der Waals surface area contributed by atoms with Gasteiger partial charge in [-0.15, -0.1) is 0 Å². The van der Waals surface area contributed by atoms with Gasteiger partial charge in [0.15, 0.2) is 0 Å². The highest BCUT2D eigenvalue weighted by molar-refractivity contribution is 5.91. The Bertz CT molecular complexity index is 805. The van der Waals surface area contributed by atoms with Crippen LogP contribution in [0.15, 0.2) is 48.8 Å². The van der Waals surface area contributed by atoms with Crippen molar-refractivity contribution in [2.24, 2.45) is 0 Å². The van der Waals surface area contributed by atoms with Gasteiger partial charge in [-0.2, -0.15) is 0 Å². The third-order valence-corrected chi connectivity index (χ3v) is 3.38. The fourth-order valence-corrected chi connectivity index (χ4v) is 2.23. The van der Waals surface area contributed by atoms with E-state index in [2.05, 4.69) is 23.3 Å². The minimum absolute atomic E-state index is 0.0118. The molecule has 0 unspecified atom stereocenters. The fourth-order valence-electron chi connectivity index (χ4n) is 2.23. The molecule has 0 spiro atoms. The number of aryl methyl sites for hydroxylation is 1. The zero-order valence-electron chi connectivity index (χ0n) is 12.1. The van der Waals surface area contributed by atoms with Crippen molar-refractivity contribution in [1.29, 1.82) is 0 Å². The number of nitrogens with one attached hydrogen (secondary N) is 1. The molecule has 1 N–H and O–H groups in total. The number of carbonyl (C=O) groups excluding carboxylic acids is 1. The van der Waals surface area contributed by atoms with E-state index in [1.54, 1.807) is 0 Å². The zero-order valence-corrected chi connectivity index (χ0v) is 12.1. The number of amides is 1. The Balaban J connectivity index is 1.98. The first kappa shape index (κ1) is 13.4. The quantitative estimate of drug-likeness (QED) is 0.795. The Morgan fingerprint density at radius 3 is 2.95 bits per heavy atom. The van der Waals surface area contributed by atoms with Crippen LogP contribution in [0.3, 0.4) is 0 Å². The highest BCUT2D eigenvalue weighted by Gasteiger charge is 2.06. The van der Waals surface area contributed by atoms with Crippen molar-refractivity contribution in [3.63, 3.8) is 0 Å². The second-order valence-electron chi connectivity index (χ2n) is 5.08. The Kier molecular flexibility index (Phi) is 3.44. The van der Waals surface area contributed by atoms with Gasteiger partial charge in [0, 0.05) is 30.1 Å². The van der Waals surface area contributed by atoms with Gasteiger partial charge in [0.25, 0.3) is 0 Å². The molecule has 0 aliphatic heterocycles. The second-order valence-corrected chi connectivity index (χ2v) is 5.08. The molecule has 0 saturated carbocycles. The van der Waals surface area contributed by atoms with E-state index in [1.807, 2.05) is 54.0 Å². The lowest BCUT2D eigenvalue weighted by Gasteiger charge is -2.04. The Labute approximate surface area is 123 Å². The molecule has 0 radical (unpaired) electrons. The molecule has 3 aromatic rings. The third kappa shape index (κ3) is 2.79. The summed E-state index contributed by atoms with van der Waals surface area (Å²) < 4.78 is 2.00. The molecule has 106 valence electrons. The molecule has 0 aliphatic carbocycles. The lowest BCUT2D eigenvalue weighted by atomic mass is 10.1. The molecular weight excluding hydrogens is 262 g/mol. The van der Waals surface area contributed by atoms with Crippen molar-refractivity contribution >= 4 is 17.2 Å². The number of aromatic nitrogens is 2. The minimum atomic E-state index is 0.0118. The monoisotopic (exact) mass is 279 g/mol. The number of benzene rings is 1. The number of rotatable bonds is 3. The van der Waals surface area contributed by atoms with Crippen LogP contribution >= 0.6 is 0 Å². The molecule has 0 aliphatic rings. The maximum atomic E-state index is 11.5. The first-order valence-corrected chi connectivity index (χ1v) is 7.01. The largest absolute Gasteiger partial charge is 0.326 e. The summed E-state index contributed by atoms with van der Waals surface area (Å²) in [4.78, 5) is 16.1. The SMILES string of the molecule is CCC(=O)Nc1cccc(-c2cn3ccc(C)cc3n2)c1. The molecule has 21 heavy (non-hydrogen) atoms. The summed E-state index contributed by atoms with van der Waals surface area (Å²) in [7, 11) is 0. The summed E-state index contributed by atoms with van der Waals surface area (Å²) in [6.45, 7) is 3.89. The summed E-state index contributed by atoms with van der Waals surface area (Å²) in [6, 6.07) is 11.9. The highest BCUT2D eigenvalue weighted by atomic mass is 16.1. The van der Waals surface area contributed by atoms with Crippen LogP contribution in [0.2, 0.25) is 0 Å². The molecule has 1 amide bonds. The highest BCUT2D eigenvalue weighted by Crippen LogP contribution is 2.22. The van der Waals surface area contributed by atoms with Crippen LogP contribution in [-0.2, 0) is 4.79 Å². The van der Waals surface area contributed by atoms with Gasteiger partial charge in [0.05, 0.1) is 5.69 Å². The molecule has 1 aromatic carbocycles. The van der Waals surface area contributed by atoms with E-state index < -0.39 is 0 Å². The summed E-state index contributed by atoms with van der Waals surface area (Å²) in [5.41, 5.74) is 4.79. The van der Waals surface area contributed by atoms with Crippen molar-refractivity contribution in [1.82, 2.24) is 9.38 Å².